The molecule has 1 aromatic rings. The molecule has 2 heterocycles. The highest BCUT2D eigenvalue weighted by Crippen LogP contribution is 2.19. The van der Waals surface area contributed by atoms with E-state index >= 15 is 0 Å². The monoisotopic (exact) mass is 310 g/mol. The summed E-state index contributed by atoms with van der Waals surface area (Å²) in [6, 6.07) is 3.75. The van der Waals surface area contributed by atoms with Gasteiger partial charge in [-0.1, -0.05) is 13.0 Å². The summed E-state index contributed by atoms with van der Waals surface area (Å²) in [5, 5.41) is -0.329. The molecule has 1 aliphatic rings. The SMILES string of the molecule is CCc1cccnc1C(=O)N1CCCC(S(C)(=O)=O)CC1. The normalized spacial score (nSPS) is 20.1. The number of sulfone groups is 1. The predicted molar refractivity (Wildman–Crippen MR) is 82.0 cm³/mol. The molecule has 1 fully saturated rings. The average molecular weight is 310 g/mol. The van der Waals surface area contributed by atoms with Crippen molar-refractivity contribution >= 4 is 15.7 Å². The standard InChI is InChI=1S/C15H22N2O3S/c1-3-12-6-4-9-16-14(12)15(18)17-10-5-7-13(8-11-17)21(2,19)20/h4,6,9,13H,3,5,7-8,10-11H2,1-2H3. The lowest BCUT2D eigenvalue weighted by Crippen LogP contribution is -2.33. The Morgan fingerprint density at radius 1 is 1.38 bits per heavy atom. The number of likely N-dealkylation sites (tertiary alicyclic amines) is 1. The molecule has 0 aliphatic carbocycles. The van der Waals surface area contributed by atoms with Crippen LogP contribution < -0.4 is 0 Å². The summed E-state index contributed by atoms with van der Waals surface area (Å²) in [4.78, 5) is 18.6. The molecule has 1 atom stereocenters. The molecular weight excluding hydrogens is 288 g/mol. The van der Waals surface area contributed by atoms with Crippen molar-refractivity contribution in [1.29, 1.82) is 0 Å². The number of carbonyl (C=O) groups is 1. The van der Waals surface area contributed by atoms with E-state index in [1.165, 1.54) is 6.26 Å². The third kappa shape index (κ3) is 3.81. The minimum Gasteiger partial charge on any atom is -0.337 e. The molecule has 0 bridgehead atoms. The van der Waals surface area contributed by atoms with Crippen LogP contribution in [0.1, 0.15) is 42.2 Å². The van der Waals surface area contributed by atoms with E-state index in [-0.39, 0.29) is 11.2 Å². The van der Waals surface area contributed by atoms with E-state index in [9.17, 15) is 13.2 Å². The van der Waals surface area contributed by atoms with Gasteiger partial charge in [-0.25, -0.2) is 8.42 Å². The third-order valence-corrected chi connectivity index (χ3v) is 5.72. The van der Waals surface area contributed by atoms with Crippen LogP contribution in [0.5, 0.6) is 0 Å². The third-order valence-electron chi connectivity index (χ3n) is 4.04. The molecule has 1 amide bonds. The van der Waals surface area contributed by atoms with Crippen LogP contribution in [0, 0.1) is 0 Å². The van der Waals surface area contributed by atoms with Gasteiger partial charge in [0.2, 0.25) is 0 Å². The van der Waals surface area contributed by atoms with Gasteiger partial charge in [0.25, 0.3) is 5.91 Å². The summed E-state index contributed by atoms with van der Waals surface area (Å²) in [5.74, 6) is -0.0819. The van der Waals surface area contributed by atoms with Crippen molar-refractivity contribution in [2.75, 3.05) is 19.3 Å². The molecular formula is C15H22N2O3S. The number of amides is 1. The number of hydrogen-bond donors (Lipinski definition) is 0. The molecule has 0 aromatic carbocycles. The summed E-state index contributed by atoms with van der Waals surface area (Å²) in [6.07, 6.45) is 5.53. The van der Waals surface area contributed by atoms with Gasteiger partial charge in [0, 0.05) is 25.5 Å². The largest absolute Gasteiger partial charge is 0.337 e. The van der Waals surface area contributed by atoms with Gasteiger partial charge in [0.05, 0.1) is 5.25 Å². The Bertz CT molecular complexity index is 613. The smallest absolute Gasteiger partial charge is 0.272 e. The van der Waals surface area contributed by atoms with Gasteiger partial charge >= 0.3 is 0 Å². The zero-order valence-corrected chi connectivity index (χ0v) is 13.4. The van der Waals surface area contributed by atoms with Gasteiger partial charge in [-0.2, -0.15) is 0 Å². The molecule has 1 unspecified atom stereocenters. The first kappa shape index (κ1) is 15.9. The second-order valence-corrected chi connectivity index (χ2v) is 7.87. The van der Waals surface area contributed by atoms with Crippen molar-refractivity contribution in [2.45, 2.75) is 37.9 Å². The molecule has 0 spiro atoms. The number of pyridine rings is 1. The Balaban J connectivity index is 2.14. The average Bonchev–Trinajstić information content (AvgIpc) is 2.72. The first-order valence-corrected chi connectivity index (χ1v) is 9.31. The van der Waals surface area contributed by atoms with Gasteiger partial charge in [-0.05, 0) is 37.3 Å². The minimum absolute atomic E-state index is 0.0819. The molecule has 1 aromatic heterocycles. The molecule has 1 saturated heterocycles. The van der Waals surface area contributed by atoms with Crippen molar-refractivity contribution in [3.05, 3.63) is 29.6 Å². The number of carbonyl (C=O) groups excluding carboxylic acids is 1. The highest BCUT2D eigenvalue weighted by atomic mass is 32.2. The maximum atomic E-state index is 12.6. The first-order valence-electron chi connectivity index (χ1n) is 7.35. The van der Waals surface area contributed by atoms with Gasteiger partial charge in [0.1, 0.15) is 15.5 Å². The highest BCUT2D eigenvalue weighted by Gasteiger charge is 2.27. The van der Waals surface area contributed by atoms with E-state index < -0.39 is 9.84 Å². The van der Waals surface area contributed by atoms with Crippen LogP contribution in [0.15, 0.2) is 18.3 Å². The van der Waals surface area contributed by atoms with Crippen LogP contribution in [0.3, 0.4) is 0 Å². The van der Waals surface area contributed by atoms with Crippen molar-refractivity contribution in [2.24, 2.45) is 0 Å². The van der Waals surface area contributed by atoms with Crippen LogP contribution in [-0.4, -0.2) is 48.8 Å². The molecule has 5 nitrogen and oxygen atoms in total. The van der Waals surface area contributed by atoms with Crippen molar-refractivity contribution in [3.63, 3.8) is 0 Å². The highest BCUT2D eigenvalue weighted by molar-refractivity contribution is 7.91. The summed E-state index contributed by atoms with van der Waals surface area (Å²) in [5.41, 5.74) is 1.43. The molecule has 2 rings (SSSR count). The lowest BCUT2D eigenvalue weighted by atomic mass is 10.1. The Hall–Kier alpha value is -1.43. The molecule has 1 aliphatic heterocycles. The van der Waals surface area contributed by atoms with E-state index in [2.05, 4.69) is 4.98 Å². The lowest BCUT2D eigenvalue weighted by Gasteiger charge is -2.21. The summed E-state index contributed by atoms with van der Waals surface area (Å²) in [7, 11) is -3.03. The Morgan fingerprint density at radius 3 is 2.81 bits per heavy atom. The Labute approximate surface area is 126 Å². The fraction of sp³-hybridized carbons (Fsp3) is 0.600. The second-order valence-electron chi connectivity index (χ2n) is 5.54. The molecule has 0 saturated carbocycles. The van der Waals surface area contributed by atoms with Gasteiger partial charge in [-0.15, -0.1) is 0 Å². The van der Waals surface area contributed by atoms with Gasteiger partial charge in [-0.3, -0.25) is 9.78 Å². The number of aryl methyl sites for hydroxylation is 1. The van der Waals surface area contributed by atoms with Gasteiger partial charge < -0.3 is 4.90 Å². The van der Waals surface area contributed by atoms with E-state index in [1.807, 2.05) is 19.1 Å². The fourth-order valence-corrected chi connectivity index (χ4v) is 3.89. The number of rotatable bonds is 3. The second kappa shape index (κ2) is 6.56. The van der Waals surface area contributed by atoms with Crippen LogP contribution >= 0.6 is 0 Å². The van der Waals surface area contributed by atoms with Crippen LogP contribution in [0.4, 0.5) is 0 Å². The van der Waals surface area contributed by atoms with Crippen molar-refractivity contribution in [1.82, 2.24) is 9.88 Å². The van der Waals surface area contributed by atoms with E-state index in [4.69, 9.17) is 0 Å². The van der Waals surface area contributed by atoms with E-state index in [0.29, 0.717) is 31.6 Å². The summed E-state index contributed by atoms with van der Waals surface area (Å²) < 4.78 is 23.3. The van der Waals surface area contributed by atoms with Crippen LogP contribution in [-0.2, 0) is 16.3 Å². The lowest BCUT2D eigenvalue weighted by molar-refractivity contribution is 0.0754. The van der Waals surface area contributed by atoms with E-state index in [1.54, 1.807) is 11.1 Å². The number of nitrogens with zero attached hydrogens (tertiary/aromatic N) is 2. The van der Waals surface area contributed by atoms with Crippen LogP contribution in [0.25, 0.3) is 0 Å². The van der Waals surface area contributed by atoms with Crippen LogP contribution in [0.2, 0.25) is 0 Å². The molecule has 0 radical (unpaired) electrons. The molecule has 6 heteroatoms. The Kier molecular flexibility index (Phi) is 4.98. The quantitative estimate of drug-likeness (QED) is 0.852. The van der Waals surface area contributed by atoms with Crippen molar-refractivity contribution in [3.8, 4) is 0 Å². The van der Waals surface area contributed by atoms with Crippen molar-refractivity contribution < 1.29 is 13.2 Å². The molecule has 116 valence electrons. The number of aromatic nitrogens is 1. The topological polar surface area (TPSA) is 67.3 Å². The molecule has 21 heavy (non-hydrogen) atoms. The van der Waals surface area contributed by atoms with Gasteiger partial charge in [0.15, 0.2) is 0 Å². The Morgan fingerprint density at radius 2 is 2.14 bits per heavy atom. The number of hydrogen-bond acceptors (Lipinski definition) is 4. The summed E-state index contributed by atoms with van der Waals surface area (Å²) >= 11 is 0. The zero-order valence-electron chi connectivity index (χ0n) is 12.6. The molecule has 0 N–H and O–H groups in total. The maximum absolute atomic E-state index is 12.6. The van der Waals surface area contributed by atoms with E-state index in [0.717, 1.165) is 18.4 Å². The fourth-order valence-electron chi connectivity index (χ4n) is 2.76. The maximum Gasteiger partial charge on any atom is 0.272 e. The summed E-state index contributed by atoms with van der Waals surface area (Å²) in [6.45, 7) is 3.08. The first-order chi connectivity index (χ1) is 9.93. The minimum atomic E-state index is -3.03. The zero-order chi connectivity index (χ0) is 15.5. The predicted octanol–water partition coefficient (Wildman–Crippen LogP) is 1.68.